The van der Waals surface area contributed by atoms with Gasteiger partial charge in [-0.15, -0.1) is 0 Å². The Labute approximate surface area is 204 Å². The Balaban J connectivity index is 5.38. The summed E-state index contributed by atoms with van der Waals surface area (Å²) in [5.74, 6) is -5.94. The number of aliphatic carboxylic acids is 2. The number of hydrogen-bond acceptors (Lipinski definition) is 7. The predicted octanol–water partition coefficient (Wildman–Crippen LogP) is -1.92. The summed E-state index contributed by atoms with van der Waals surface area (Å²) in [5, 5.41) is 25.8. The van der Waals surface area contributed by atoms with Gasteiger partial charge >= 0.3 is 11.9 Å². The molecular formula is C21H39N7O7. The summed E-state index contributed by atoms with van der Waals surface area (Å²) in [6.45, 7) is 6.93. The molecule has 0 rings (SSSR count). The summed E-state index contributed by atoms with van der Waals surface area (Å²) in [5.41, 5.74) is 16.3. The molecule has 14 heteroatoms. The molecule has 11 N–H and O–H groups in total. The summed E-state index contributed by atoms with van der Waals surface area (Å²) in [7, 11) is 0. The number of nitrogens with zero attached hydrogens (tertiary/aromatic N) is 1. The lowest BCUT2D eigenvalue weighted by molar-refractivity contribution is -0.144. The van der Waals surface area contributed by atoms with Crippen molar-refractivity contribution < 1.29 is 34.2 Å². The highest BCUT2D eigenvalue weighted by Crippen LogP contribution is 2.10. The average Bonchev–Trinajstić information content (AvgIpc) is 2.76. The Morgan fingerprint density at radius 1 is 0.886 bits per heavy atom. The van der Waals surface area contributed by atoms with Gasteiger partial charge in [-0.3, -0.25) is 24.2 Å². The minimum Gasteiger partial charge on any atom is -0.481 e. The van der Waals surface area contributed by atoms with Crippen LogP contribution in [-0.4, -0.2) is 76.5 Å². The molecule has 5 atom stereocenters. The van der Waals surface area contributed by atoms with E-state index in [0.717, 1.165) is 0 Å². The Morgan fingerprint density at radius 2 is 1.46 bits per heavy atom. The van der Waals surface area contributed by atoms with Gasteiger partial charge in [0, 0.05) is 6.54 Å². The van der Waals surface area contributed by atoms with E-state index in [4.69, 9.17) is 17.2 Å². The van der Waals surface area contributed by atoms with Gasteiger partial charge in [-0.05, 0) is 24.7 Å². The third-order valence-electron chi connectivity index (χ3n) is 5.34. The predicted molar refractivity (Wildman–Crippen MR) is 128 cm³/mol. The summed E-state index contributed by atoms with van der Waals surface area (Å²) in [4.78, 5) is 64.6. The molecule has 0 bridgehead atoms. The molecule has 0 aromatic carbocycles. The van der Waals surface area contributed by atoms with E-state index in [-0.39, 0.29) is 24.8 Å². The van der Waals surface area contributed by atoms with Crippen molar-refractivity contribution in [2.24, 2.45) is 34.0 Å². The zero-order chi connectivity index (χ0) is 27.3. The fraction of sp³-hybridized carbons (Fsp3) is 0.714. The molecular weight excluding hydrogens is 462 g/mol. The summed E-state index contributed by atoms with van der Waals surface area (Å²) in [6, 6.07) is -4.90. The standard InChI is InChI=1S/C21H39N7O7/c1-5-11(4)16(20(34)35)28-19(33)15(10(2)3)27-18(32)13(9-14(29)30)26-17(31)12(22)7-6-8-25-21(23)24/h10-13,15-16H,5-9,22H2,1-4H3,(H,26,31)(H,27,32)(H,28,33)(H,29,30)(H,34,35)(H4,23,24,25). The van der Waals surface area contributed by atoms with Gasteiger partial charge in [0.1, 0.15) is 18.1 Å². The van der Waals surface area contributed by atoms with Crippen molar-refractivity contribution in [3.05, 3.63) is 0 Å². The van der Waals surface area contributed by atoms with Crippen molar-refractivity contribution in [3.8, 4) is 0 Å². The summed E-state index contributed by atoms with van der Waals surface area (Å²) >= 11 is 0. The largest absolute Gasteiger partial charge is 0.481 e. The van der Waals surface area contributed by atoms with Crippen molar-refractivity contribution >= 4 is 35.6 Å². The van der Waals surface area contributed by atoms with Crippen LogP contribution in [0.1, 0.15) is 53.4 Å². The molecule has 0 radical (unpaired) electrons. The monoisotopic (exact) mass is 501 g/mol. The molecule has 0 saturated heterocycles. The highest BCUT2D eigenvalue weighted by molar-refractivity contribution is 5.95. The molecule has 3 amide bonds. The molecule has 35 heavy (non-hydrogen) atoms. The highest BCUT2D eigenvalue weighted by atomic mass is 16.4. The molecule has 0 aliphatic rings. The normalized spacial score (nSPS) is 15.1. The van der Waals surface area contributed by atoms with Gasteiger partial charge in [0.2, 0.25) is 17.7 Å². The van der Waals surface area contributed by atoms with Gasteiger partial charge in [0.15, 0.2) is 5.96 Å². The second-order valence-electron chi connectivity index (χ2n) is 8.65. The van der Waals surface area contributed by atoms with Crippen LogP contribution in [0.15, 0.2) is 4.99 Å². The maximum Gasteiger partial charge on any atom is 0.326 e. The molecule has 14 nitrogen and oxygen atoms in total. The van der Waals surface area contributed by atoms with E-state index >= 15 is 0 Å². The van der Waals surface area contributed by atoms with E-state index in [1.54, 1.807) is 27.7 Å². The van der Waals surface area contributed by atoms with Crippen molar-refractivity contribution in [1.82, 2.24) is 16.0 Å². The average molecular weight is 502 g/mol. The van der Waals surface area contributed by atoms with Crippen molar-refractivity contribution in [2.45, 2.75) is 77.5 Å². The van der Waals surface area contributed by atoms with Gasteiger partial charge in [-0.25, -0.2) is 4.79 Å². The maximum atomic E-state index is 12.8. The van der Waals surface area contributed by atoms with Gasteiger partial charge < -0.3 is 43.4 Å². The first-order valence-corrected chi connectivity index (χ1v) is 11.4. The third kappa shape index (κ3) is 12.0. The number of nitrogens with two attached hydrogens (primary N) is 3. The Morgan fingerprint density at radius 3 is 1.91 bits per heavy atom. The van der Waals surface area contributed by atoms with Crippen molar-refractivity contribution in [1.29, 1.82) is 0 Å². The maximum absolute atomic E-state index is 12.8. The SMILES string of the molecule is CCC(C)C(NC(=O)C(NC(=O)C(CC(=O)O)NC(=O)C(N)CCCN=C(N)N)C(C)C)C(=O)O. The number of nitrogens with one attached hydrogen (secondary N) is 3. The lowest BCUT2D eigenvalue weighted by atomic mass is 9.97. The lowest BCUT2D eigenvalue weighted by Gasteiger charge is -2.28. The topological polar surface area (TPSA) is 252 Å². The number of guanidine groups is 1. The first-order chi connectivity index (χ1) is 16.2. The number of amides is 3. The summed E-state index contributed by atoms with van der Waals surface area (Å²) in [6.07, 6.45) is 0.288. The zero-order valence-corrected chi connectivity index (χ0v) is 20.6. The van der Waals surface area contributed by atoms with E-state index < -0.39 is 66.2 Å². The van der Waals surface area contributed by atoms with E-state index in [0.29, 0.717) is 12.8 Å². The quantitative estimate of drug-likeness (QED) is 0.0661. The number of carboxylic acids is 2. The molecule has 0 fully saturated rings. The number of hydrogen-bond donors (Lipinski definition) is 8. The minimum atomic E-state index is -1.51. The summed E-state index contributed by atoms with van der Waals surface area (Å²) < 4.78 is 0. The van der Waals surface area contributed by atoms with Crippen LogP contribution in [0.4, 0.5) is 0 Å². The van der Waals surface area contributed by atoms with Crippen LogP contribution in [0.3, 0.4) is 0 Å². The molecule has 0 heterocycles. The fourth-order valence-electron chi connectivity index (χ4n) is 3.03. The van der Waals surface area contributed by atoms with E-state index in [1.165, 1.54) is 0 Å². The molecule has 5 unspecified atom stereocenters. The molecule has 0 aliphatic carbocycles. The lowest BCUT2D eigenvalue weighted by Crippen LogP contribution is -2.59. The first-order valence-electron chi connectivity index (χ1n) is 11.4. The second-order valence-corrected chi connectivity index (χ2v) is 8.65. The number of rotatable bonds is 16. The van der Waals surface area contributed by atoms with Crippen molar-refractivity contribution in [3.63, 3.8) is 0 Å². The van der Waals surface area contributed by atoms with Crippen LogP contribution in [-0.2, 0) is 24.0 Å². The minimum absolute atomic E-state index is 0.108. The second kappa shape index (κ2) is 15.5. The molecule has 0 spiro atoms. The van der Waals surface area contributed by atoms with E-state index in [1.807, 2.05) is 0 Å². The van der Waals surface area contributed by atoms with Gasteiger partial charge in [0.25, 0.3) is 0 Å². The van der Waals surface area contributed by atoms with Crippen LogP contribution in [0.2, 0.25) is 0 Å². The number of carboxylic acid groups (broad SMARTS) is 2. The molecule has 0 aromatic rings. The van der Waals surface area contributed by atoms with Crippen LogP contribution in [0.25, 0.3) is 0 Å². The Hall–Kier alpha value is -3.42. The van der Waals surface area contributed by atoms with Crippen LogP contribution in [0, 0.1) is 11.8 Å². The molecule has 0 aromatic heterocycles. The van der Waals surface area contributed by atoms with Crippen LogP contribution in [0.5, 0.6) is 0 Å². The fourth-order valence-corrected chi connectivity index (χ4v) is 3.03. The van der Waals surface area contributed by atoms with E-state index in [9.17, 15) is 34.2 Å². The van der Waals surface area contributed by atoms with Gasteiger partial charge in [0.05, 0.1) is 12.5 Å². The molecule has 200 valence electrons. The number of carbonyl (C=O) groups is 5. The number of carbonyl (C=O) groups excluding carboxylic acids is 3. The van der Waals surface area contributed by atoms with Crippen molar-refractivity contribution in [2.75, 3.05) is 6.54 Å². The van der Waals surface area contributed by atoms with Gasteiger partial charge in [-0.1, -0.05) is 34.1 Å². The highest BCUT2D eigenvalue weighted by Gasteiger charge is 2.33. The molecule has 0 saturated carbocycles. The third-order valence-corrected chi connectivity index (χ3v) is 5.34. The zero-order valence-electron chi connectivity index (χ0n) is 20.6. The van der Waals surface area contributed by atoms with Crippen LogP contribution >= 0.6 is 0 Å². The van der Waals surface area contributed by atoms with Gasteiger partial charge in [-0.2, -0.15) is 0 Å². The number of aliphatic imine (C=N–C) groups is 1. The van der Waals surface area contributed by atoms with Crippen LogP contribution < -0.4 is 33.2 Å². The van der Waals surface area contributed by atoms with E-state index in [2.05, 4.69) is 20.9 Å². The molecule has 0 aliphatic heterocycles. The smallest absolute Gasteiger partial charge is 0.326 e. The Kier molecular flexibility index (Phi) is 14.0. The first kappa shape index (κ1) is 31.6. The Bertz CT molecular complexity index is 784.